The second-order valence-corrected chi connectivity index (χ2v) is 11.9. The number of carbonyl (C=O) groups excluding carboxylic acids is 1. The third kappa shape index (κ3) is 10.4. The van der Waals surface area contributed by atoms with E-state index in [4.69, 9.17) is 23.7 Å². The summed E-state index contributed by atoms with van der Waals surface area (Å²) < 4.78 is 137. The van der Waals surface area contributed by atoms with Crippen molar-refractivity contribution in [3.8, 4) is 46.0 Å². The van der Waals surface area contributed by atoms with Crippen LogP contribution in [0, 0.1) is 11.6 Å². The molecular formula is C36H30F8N2O10. The number of nitrogens with zero attached hydrogens (tertiary/aromatic N) is 2. The van der Waals surface area contributed by atoms with Crippen molar-refractivity contribution >= 4 is 11.9 Å². The number of methoxy groups -OCH3 is 2. The molecule has 1 N–H and O–H groups in total. The molecule has 0 saturated heterocycles. The minimum atomic E-state index is -4.89. The molecular weight excluding hydrogens is 772 g/mol. The van der Waals surface area contributed by atoms with Crippen LogP contribution in [-0.2, 0) is 4.74 Å². The zero-order chi connectivity index (χ0) is 40.9. The largest absolute Gasteiger partial charge is 0.573 e. The van der Waals surface area contributed by atoms with Gasteiger partial charge in [0.05, 0.1) is 44.6 Å². The van der Waals surface area contributed by atoms with Crippen LogP contribution >= 0.6 is 0 Å². The van der Waals surface area contributed by atoms with Gasteiger partial charge in [0.2, 0.25) is 0 Å². The Morgan fingerprint density at radius 3 is 1.45 bits per heavy atom. The van der Waals surface area contributed by atoms with E-state index >= 15 is 0 Å². The lowest BCUT2D eigenvalue weighted by atomic mass is 10.1. The molecule has 2 saturated carbocycles. The van der Waals surface area contributed by atoms with Gasteiger partial charge in [-0.3, -0.25) is 9.97 Å². The molecule has 0 bridgehead atoms. The fourth-order valence-electron chi connectivity index (χ4n) is 5.10. The fourth-order valence-corrected chi connectivity index (χ4v) is 5.10. The summed E-state index contributed by atoms with van der Waals surface area (Å²) in [6, 6.07) is 6.03. The van der Waals surface area contributed by atoms with Crippen LogP contribution in [0.4, 0.5) is 35.1 Å². The van der Waals surface area contributed by atoms with Gasteiger partial charge in [0.15, 0.2) is 46.1 Å². The van der Waals surface area contributed by atoms with Crippen molar-refractivity contribution < 1.29 is 83.0 Å². The Balaban J connectivity index is 0.000000215. The summed E-state index contributed by atoms with van der Waals surface area (Å²) in [5, 5.41) is 9.33. The van der Waals surface area contributed by atoms with E-state index in [0.717, 1.165) is 68.3 Å². The van der Waals surface area contributed by atoms with Crippen molar-refractivity contribution in [2.45, 2.75) is 57.2 Å². The van der Waals surface area contributed by atoms with E-state index < -0.39 is 64.7 Å². The van der Waals surface area contributed by atoms with Crippen LogP contribution in [0.25, 0.3) is 0 Å². The van der Waals surface area contributed by atoms with Crippen LogP contribution in [0.5, 0.6) is 46.0 Å². The highest BCUT2D eigenvalue weighted by Crippen LogP contribution is 2.45. The smallest absolute Gasteiger partial charge is 0.493 e. The van der Waals surface area contributed by atoms with E-state index in [1.165, 1.54) is 20.4 Å². The van der Waals surface area contributed by atoms with Crippen molar-refractivity contribution in [1.82, 2.24) is 9.97 Å². The third-order valence-electron chi connectivity index (χ3n) is 7.82. The summed E-state index contributed by atoms with van der Waals surface area (Å²) in [7, 11) is 2.38. The number of alkyl halides is 6. The summed E-state index contributed by atoms with van der Waals surface area (Å²) in [5.41, 5.74) is -0.923. The monoisotopic (exact) mass is 802 g/mol. The van der Waals surface area contributed by atoms with Crippen LogP contribution in [0.1, 0.15) is 76.5 Å². The summed E-state index contributed by atoms with van der Waals surface area (Å²) in [5.74, 6) is -6.69. The van der Waals surface area contributed by atoms with Crippen LogP contribution < -0.4 is 28.4 Å². The lowest BCUT2D eigenvalue weighted by Gasteiger charge is -2.16. The zero-order valence-electron chi connectivity index (χ0n) is 29.3. The molecule has 0 unspecified atom stereocenters. The van der Waals surface area contributed by atoms with Gasteiger partial charge in [-0.25, -0.2) is 18.4 Å². The average molecular weight is 803 g/mol. The van der Waals surface area contributed by atoms with Crippen molar-refractivity contribution in [3.05, 3.63) is 82.9 Å². The van der Waals surface area contributed by atoms with Crippen molar-refractivity contribution in [1.29, 1.82) is 0 Å². The lowest BCUT2D eigenvalue weighted by Crippen LogP contribution is -2.17. The maximum Gasteiger partial charge on any atom is 0.573 e. The number of hydrogen-bond acceptors (Lipinski definition) is 11. The molecule has 0 amide bonds. The highest BCUT2D eigenvalue weighted by Gasteiger charge is 2.36. The SMILES string of the molecule is CCOC(=O)c1c(Oc2ccc(OC(F)(F)F)cc2OC)cnc(C2CC2)c1F.COc1cc(OC(F)(F)F)ccc1Oc1cnc(C2CC2)c(F)c1C(=O)O. The summed E-state index contributed by atoms with van der Waals surface area (Å²) in [6.45, 7) is 1.59. The molecule has 0 atom stereocenters. The summed E-state index contributed by atoms with van der Waals surface area (Å²) >= 11 is 0. The first-order valence-electron chi connectivity index (χ1n) is 16.4. The maximum atomic E-state index is 14.9. The van der Waals surface area contributed by atoms with Gasteiger partial charge in [0.25, 0.3) is 0 Å². The fraction of sp³-hybridized carbons (Fsp3) is 0.333. The van der Waals surface area contributed by atoms with E-state index in [1.54, 1.807) is 6.92 Å². The number of halogens is 8. The van der Waals surface area contributed by atoms with Crippen molar-refractivity contribution in [2.75, 3.05) is 20.8 Å². The number of benzene rings is 2. The number of rotatable bonds is 13. The second-order valence-electron chi connectivity index (χ2n) is 11.9. The minimum absolute atomic E-state index is 0.0194. The minimum Gasteiger partial charge on any atom is -0.493 e. The number of carboxylic acids is 1. The summed E-state index contributed by atoms with van der Waals surface area (Å²) in [4.78, 5) is 31.7. The lowest BCUT2D eigenvalue weighted by molar-refractivity contribution is -0.275. The van der Waals surface area contributed by atoms with E-state index in [9.17, 15) is 49.8 Å². The number of hydrogen-bond donors (Lipinski definition) is 1. The van der Waals surface area contributed by atoms with Crippen LogP contribution in [-0.4, -0.2) is 60.6 Å². The predicted octanol–water partition coefficient (Wildman–Crippen LogP) is 9.47. The Labute approximate surface area is 311 Å². The van der Waals surface area contributed by atoms with Gasteiger partial charge < -0.3 is 38.3 Å². The Bertz CT molecular complexity index is 2090. The zero-order valence-corrected chi connectivity index (χ0v) is 29.3. The van der Waals surface area contributed by atoms with Crippen molar-refractivity contribution in [2.24, 2.45) is 0 Å². The molecule has 0 aliphatic heterocycles. The van der Waals surface area contributed by atoms with Gasteiger partial charge in [-0.2, -0.15) is 0 Å². The van der Waals surface area contributed by atoms with E-state index in [-0.39, 0.29) is 58.6 Å². The number of carbonyl (C=O) groups is 2. The van der Waals surface area contributed by atoms with Crippen LogP contribution in [0.2, 0.25) is 0 Å². The Hall–Kier alpha value is -6.08. The molecule has 12 nitrogen and oxygen atoms in total. The first-order chi connectivity index (χ1) is 26.4. The standard InChI is InChI=1S/C19H17F4NO5.C17H13F4NO5/c1-3-27-18(25)15-14(9-24-17(16(15)20)10-4-5-10)28-12-7-6-11(8-13(12)26-2)29-19(21,22)23;1-25-11-6-9(27-17(19,20)21)4-5-10(11)26-12-7-22-15(8-2-3-8)14(18)13(12)16(23)24/h6-10H,3-5H2,1-2H3;4-8H,2-3H2,1H3,(H,23,24). The van der Waals surface area contributed by atoms with E-state index in [2.05, 4.69) is 19.4 Å². The highest BCUT2D eigenvalue weighted by atomic mass is 19.4. The average Bonchev–Trinajstić information content (AvgIpc) is 4.04. The first-order valence-corrected chi connectivity index (χ1v) is 16.4. The number of carboxylic acid groups (broad SMARTS) is 1. The molecule has 2 aliphatic carbocycles. The highest BCUT2D eigenvalue weighted by molar-refractivity contribution is 5.93. The maximum absolute atomic E-state index is 14.9. The topological polar surface area (TPSA) is 145 Å². The molecule has 2 aromatic carbocycles. The molecule has 300 valence electrons. The van der Waals surface area contributed by atoms with Gasteiger partial charge >= 0.3 is 24.7 Å². The molecule has 56 heavy (non-hydrogen) atoms. The van der Waals surface area contributed by atoms with Gasteiger partial charge in [-0.1, -0.05) is 0 Å². The summed E-state index contributed by atoms with van der Waals surface area (Å²) in [6.07, 6.45) is -4.55. The van der Waals surface area contributed by atoms with Crippen LogP contribution in [0.3, 0.4) is 0 Å². The second kappa shape index (κ2) is 16.7. The number of pyridine rings is 2. The molecule has 20 heteroatoms. The predicted molar refractivity (Wildman–Crippen MR) is 175 cm³/mol. The van der Waals surface area contributed by atoms with Crippen molar-refractivity contribution in [3.63, 3.8) is 0 Å². The van der Waals surface area contributed by atoms with Gasteiger partial charge in [0, 0.05) is 24.0 Å². The number of esters is 1. The quantitative estimate of drug-likeness (QED) is 0.102. The van der Waals surface area contributed by atoms with E-state index in [1.807, 2.05) is 0 Å². The number of aromatic carboxylic acids is 1. The Morgan fingerprint density at radius 2 is 1.09 bits per heavy atom. The number of ether oxygens (including phenoxy) is 7. The Kier molecular flexibility index (Phi) is 12.3. The third-order valence-corrected chi connectivity index (χ3v) is 7.82. The molecule has 0 radical (unpaired) electrons. The normalized spacial score (nSPS) is 13.8. The molecule has 2 fully saturated rings. The first kappa shape index (κ1) is 41.1. The molecule has 0 spiro atoms. The Morgan fingerprint density at radius 1 is 0.679 bits per heavy atom. The number of aromatic nitrogens is 2. The molecule has 2 aliphatic rings. The van der Waals surface area contributed by atoms with Gasteiger partial charge in [-0.15, -0.1) is 26.3 Å². The molecule has 2 heterocycles. The van der Waals surface area contributed by atoms with Crippen LogP contribution in [0.15, 0.2) is 48.8 Å². The molecule has 6 rings (SSSR count). The molecule has 4 aromatic rings. The van der Waals surface area contributed by atoms with E-state index in [0.29, 0.717) is 0 Å². The molecule has 2 aromatic heterocycles. The van der Waals surface area contributed by atoms with Gasteiger partial charge in [-0.05, 0) is 56.9 Å². The van der Waals surface area contributed by atoms with Gasteiger partial charge in [0.1, 0.15) is 22.6 Å².